The number of hydrogen-bond donors (Lipinski definition) is 0. The number of rotatable bonds is 6. The summed E-state index contributed by atoms with van der Waals surface area (Å²) in [7, 11) is 0. The molecule has 120 valence electrons. The van der Waals surface area contributed by atoms with Crippen LogP contribution >= 0.6 is 23.1 Å². The number of non-ortho nitro benzene ring substituents is 1. The number of nitro groups is 1. The van der Waals surface area contributed by atoms with Crippen LogP contribution in [-0.4, -0.2) is 15.7 Å². The van der Waals surface area contributed by atoms with Crippen molar-refractivity contribution >= 4 is 34.9 Å². The van der Waals surface area contributed by atoms with E-state index in [9.17, 15) is 10.1 Å². The standard InChI is InChI=1S/C18H14N2O2S2/c21-20(22)16-10-8-15(9-11-16)17-13-24-18(19-17)23-12-4-7-14-5-2-1-3-6-14/h1-11,13H,12H2. The van der Waals surface area contributed by atoms with Crippen molar-refractivity contribution in [1.82, 2.24) is 4.98 Å². The Balaban J connectivity index is 1.59. The normalized spacial score (nSPS) is 11.0. The van der Waals surface area contributed by atoms with Gasteiger partial charge in [-0.25, -0.2) is 4.98 Å². The average molecular weight is 354 g/mol. The summed E-state index contributed by atoms with van der Waals surface area (Å²) in [5, 5.41) is 12.7. The average Bonchev–Trinajstić information content (AvgIpc) is 3.09. The first-order valence-corrected chi connectivity index (χ1v) is 9.13. The highest BCUT2D eigenvalue weighted by Gasteiger charge is 2.08. The van der Waals surface area contributed by atoms with Crippen LogP contribution in [0.15, 0.2) is 70.4 Å². The minimum Gasteiger partial charge on any atom is -0.258 e. The Bertz CT molecular complexity index is 843. The summed E-state index contributed by atoms with van der Waals surface area (Å²) in [6.45, 7) is 0. The van der Waals surface area contributed by atoms with E-state index in [1.807, 2.05) is 23.6 Å². The Kier molecular flexibility index (Phi) is 5.40. The SMILES string of the molecule is O=[N+]([O-])c1ccc(-c2csc(SCC=Cc3ccccc3)n2)cc1. The van der Waals surface area contributed by atoms with Crippen molar-refractivity contribution in [2.75, 3.05) is 5.75 Å². The summed E-state index contributed by atoms with van der Waals surface area (Å²) < 4.78 is 0.987. The maximum atomic E-state index is 10.7. The molecule has 0 atom stereocenters. The fourth-order valence-corrected chi connectivity index (χ4v) is 3.75. The summed E-state index contributed by atoms with van der Waals surface area (Å²) in [4.78, 5) is 14.9. The number of nitrogens with zero attached hydrogens (tertiary/aromatic N) is 2. The molecule has 0 amide bonds. The highest BCUT2D eigenvalue weighted by atomic mass is 32.2. The molecular formula is C18H14N2O2S2. The van der Waals surface area contributed by atoms with Crippen LogP contribution < -0.4 is 0 Å². The van der Waals surface area contributed by atoms with E-state index in [2.05, 4.69) is 29.3 Å². The van der Waals surface area contributed by atoms with Crippen LogP contribution in [0.2, 0.25) is 0 Å². The summed E-state index contributed by atoms with van der Waals surface area (Å²) in [6, 6.07) is 16.6. The molecule has 0 unspecified atom stereocenters. The molecule has 1 heterocycles. The van der Waals surface area contributed by atoms with Gasteiger partial charge in [0.15, 0.2) is 4.34 Å². The molecule has 6 heteroatoms. The van der Waals surface area contributed by atoms with E-state index < -0.39 is 4.92 Å². The zero-order valence-electron chi connectivity index (χ0n) is 12.7. The lowest BCUT2D eigenvalue weighted by Gasteiger charge is -1.96. The highest BCUT2D eigenvalue weighted by molar-refractivity contribution is 8.01. The Labute approximate surface area is 148 Å². The van der Waals surface area contributed by atoms with E-state index in [1.165, 1.54) is 17.7 Å². The first kappa shape index (κ1) is 16.4. The summed E-state index contributed by atoms with van der Waals surface area (Å²) in [5.74, 6) is 0.849. The smallest absolute Gasteiger partial charge is 0.258 e. The van der Waals surface area contributed by atoms with Gasteiger partial charge in [-0.2, -0.15) is 0 Å². The molecule has 0 fully saturated rings. The number of thioether (sulfide) groups is 1. The van der Waals surface area contributed by atoms with Gasteiger partial charge in [-0.05, 0) is 17.7 Å². The third-order valence-corrected chi connectivity index (χ3v) is 5.24. The first-order valence-electron chi connectivity index (χ1n) is 7.27. The summed E-state index contributed by atoms with van der Waals surface area (Å²) >= 11 is 3.26. The molecule has 0 aliphatic rings. The molecule has 24 heavy (non-hydrogen) atoms. The van der Waals surface area contributed by atoms with E-state index in [0.717, 1.165) is 21.3 Å². The monoisotopic (exact) mass is 354 g/mol. The van der Waals surface area contributed by atoms with E-state index in [0.29, 0.717) is 0 Å². The molecule has 0 saturated heterocycles. The summed E-state index contributed by atoms with van der Waals surface area (Å²) in [5.41, 5.74) is 3.02. The van der Waals surface area contributed by atoms with Gasteiger partial charge >= 0.3 is 0 Å². The van der Waals surface area contributed by atoms with Crippen molar-refractivity contribution in [2.45, 2.75) is 4.34 Å². The van der Waals surface area contributed by atoms with E-state index >= 15 is 0 Å². The van der Waals surface area contributed by atoms with Crippen LogP contribution in [0.5, 0.6) is 0 Å². The number of benzene rings is 2. The van der Waals surface area contributed by atoms with Crippen molar-refractivity contribution in [3.8, 4) is 11.3 Å². The quantitative estimate of drug-likeness (QED) is 0.332. The molecule has 3 aromatic rings. The largest absolute Gasteiger partial charge is 0.269 e. The Morgan fingerprint density at radius 3 is 2.58 bits per heavy atom. The minimum absolute atomic E-state index is 0.0922. The second-order valence-electron chi connectivity index (χ2n) is 4.93. The number of nitro benzene ring substituents is 1. The molecule has 3 rings (SSSR count). The Morgan fingerprint density at radius 2 is 1.88 bits per heavy atom. The number of aromatic nitrogens is 1. The topological polar surface area (TPSA) is 56.0 Å². The summed E-state index contributed by atoms with van der Waals surface area (Å²) in [6.07, 6.45) is 4.21. The van der Waals surface area contributed by atoms with E-state index in [1.54, 1.807) is 35.2 Å². The van der Waals surface area contributed by atoms with Crippen molar-refractivity contribution in [2.24, 2.45) is 0 Å². The van der Waals surface area contributed by atoms with Gasteiger partial charge in [-0.15, -0.1) is 11.3 Å². The van der Waals surface area contributed by atoms with Gasteiger partial charge in [-0.1, -0.05) is 54.2 Å². The number of hydrogen-bond acceptors (Lipinski definition) is 5. The van der Waals surface area contributed by atoms with Crippen molar-refractivity contribution < 1.29 is 4.92 Å². The fraction of sp³-hybridized carbons (Fsp3) is 0.0556. The van der Waals surface area contributed by atoms with Gasteiger partial charge in [0.05, 0.1) is 10.6 Å². The molecule has 1 aromatic heterocycles. The molecule has 0 N–H and O–H groups in total. The minimum atomic E-state index is -0.398. The van der Waals surface area contributed by atoms with E-state index in [4.69, 9.17) is 0 Å². The van der Waals surface area contributed by atoms with Crippen LogP contribution in [-0.2, 0) is 0 Å². The molecular weight excluding hydrogens is 340 g/mol. The van der Waals surface area contributed by atoms with Crippen LogP contribution in [0.1, 0.15) is 5.56 Å². The molecule has 0 saturated carbocycles. The zero-order chi connectivity index (χ0) is 16.8. The molecule has 0 radical (unpaired) electrons. The van der Waals surface area contributed by atoms with Crippen LogP contribution in [0.3, 0.4) is 0 Å². The molecule has 2 aromatic carbocycles. The van der Waals surface area contributed by atoms with Crippen LogP contribution in [0, 0.1) is 10.1 Å². The lowest BCUT2D eigenvalue weighted by atomic mass is 10.1. The third kappa shape index (κ3) is 4.31. The van der Waals surface area contributed by atoms with Gasteiger partial charge in [0.2, 0.25) is 0 Å². The third-order valence-electron chi connectivity index (χ3n) is 3.27. The van der Waals surface area contributed by atoms with E-state index in [-0.39, 0.29) is 5.69 Å². The van der Waals surface area contributed by atoms with Gasteiger partial charge < -0.3 is 0 Å². The Morgan fingerprint density at radius 1 is 1.12 bits per heavy atom. The zero-order valence-corrected chi connectivity index (χ0v) is 14.3. The molecule has 0 spiro atoms. The maximum absolute atomic E-state index is 10.7. The van der Waals surface area contributed by atoms with Gasteiger partial charge in [0.25, 0.3) is 5.69 Å². The lowest BCUT2D eigenvalue weighted by molar-refractivity contribution is -0.384. The Hall–Kier alpha value is -2.44. The molecule has 0 aliphatic heterocycles. The molecule has 4 nitrogen and oxygen atoms in total. The van der Waals surface area contributed by atoms with Crippen molar-refractivity contribution in [1.29, 1.82) is 0 Å². The predicted molar refractivity (Wildman–Crippen MR) is 100 cm³/mol. The van der Waals surface area contributed by atoms with Crippen LogP contribution in [0.25, 0.3) is 17.3 Å². The molecule has 0 aliphatic carbocycles. The number of thiazole rings is 1. The molecule has 0 bridgehead atoms. The van der Waals surface area contributed by atoms with Gasteiger partial charge in [0.1, 0.15) is 0 Å². The van der Waals surface area contributed by atoms with Crippen molar-refractivity contribution in [3.63, 3.8) is 0 Å². The second kappa shape index (κ2) is 7.90. The van der Waals surface area contributed by atoms with Gasteiger partial charge in [-0.3, -0.25) is 10.1 Å². The fourth-order valence-electron chi connectivity index (χ4n) is 2.08. The van der Waals surface area contributed by atoms with Crippen LogP contribution in [0.4, 0.5) is 5.69 Å². The lowest BCUT2D eigenvalue weighted by Crippen LogP contribution is -1.87. The highest BCUT2D eigenvalue weighted by Crippen LogP contribution is 2.29. The second-order valence-corrected chi connectivity index (χ2v) is 7.05. The maximum Gasteiger partial charge on any atom is 0.269 e. The van der Waals surface area contributed by atoms with Crippen molar-refractivity contribution in [3.05, 3.63) is 81.7 Å². The predicted octanol–water partition coefficient (Wildman–Crippen LogP) is 5.52. The van der Waals surface area contributed by atoms with Gasteiger partial charge in [0, 0.05) is 28.8 Å². The first-order chi connectivity index (χ1) is 11.7.